The van der Waals surface area contributed by atoms with Crippen LogP contribution >= 0.6 is 0 Å². The van der Waals surface area contributed by atoms with Crippen LogP contribution in [-0.4, -0.2) is 40.4 Å². The van der Waals surface area contributed by atoms with Gasteiger partial charge in [-0.05, 0) is 66.7 Å². The van der Waals surface area contributed by atoms with Crippen LogP contribution in [0, 0.1) is 6.92 Å². The van der Waals surface area contributed by atoms with Crippen molar-refractivity contribution in [3.63, 3.8) is 0 Å². The van der Waals surface area contributed by atoms with Gasteiger partial charge in [-0.3, -0.25) is 0 Å². The Hall–Kier alpha value is -3.23. The lowest BCUT2D eigenvalue weighted by Gasteiger charge is -2.29. The first-order valence-electron chi connectivity index (χ1n) is 9.87. The largest absolute Gasteiger partial charge is 0.496 e. The standard InChI is InChI=1S/C22H31N3O6/c1-14-12-23-18(29-14)24-16-9-10-17(28-8)15(11-16)13-25(19(26)30-21(2,3)4)20(27)31-22(5,6)7/h9-12H,13H2,1-8H3,(H,23,24). The number of hydrogen-bond donors (Lipinski definition) is 1. The molecule has 0 aliphatic rings. The molecule has 1 aromatic carbocycles. The van der Waals surface area contributed by atoms with Crippen molar-refractivity contribution in [2.75, 3.05) is 12.4 Å². The zero-order valence-corrected chi connectivity index (χ0v) is 19.4. The fourth-order valence-electron chi connectivity index (χ4n) is 2.52. The normalized spacial score (nSPS) is 11.6. The molecule has 0 saturated carbocycles. The molecule has 9 nitrogen and oxygen atoms in total. The molecule has 2 rings (SSSR count). The summed E-state index contributed by atoms with van der Waals surface area (Å²) in [6.07, 6.45) is -0.0320. The van der Waals surface area contributed by atoms with E-state index >= 15 is 0 Å². The Morgan fingerprint density at radius 3 is 2.10 bits per heavy atom. The van der Waals surface area contributed by atoms with Crippen molar-refractivity contribution in [2.24, 2.45) is 0 Å². The molecule has 0 aliphatic heterocycles. The van der Waals surface area contributed by atoms with E-state index in [0.29, 0.717) is 28.8 Å². The van der Waals surface area contributed by atoms with Crippen molar-refractivity contribution < 1.29 is 28.2 Å². The first-order chi connectivity index (χ1) is 14.3. The van der Waals surface area contributed by atoms with Crippen molar-refractivity contribution in [2.45, 2.75) is 66.2 Å². The minimum atomic E-state index is -0.814. The number of imide groups is 1. The zero-order chi connectivity index (χ0) is 23.4. The van der Waals surface area contributed by atoms with Gasteiger partial charge in [-0.15, -0.1) is 0 Å². The number of methoxy groups -OCH3 is 1. The number of rotatable bonds is 5. The van der Waals surface area contributed by atoms with Crippen LogP contribution in [0.5, 0.6) is 5.75 Å². The molecule has 0 atom stereocenters. The van der Waals surface area contributed by atoms with Crippen LogP contribution in [0.4, 0.5) is 21.3 Å². The number of aryl methyl sites for hydroxylation is 1. The van der Waals surface area contributed by atoms with Crippen LogP contribution in [0.3, 0.4) is 0 Å². The first kappa shape index (κ1) is 24.0. The maximum atomic E-state index is 12.8. The van der Waals surface area contributed by atoms with Gasteiger partial charge >= 0.3 is 12.2 Å². The Bertz CT molecular complexity index is 896. The molecular weight excluding hydrogens is 402 g/mol. The maximum absolute atomic E-state index is 12.8. The van der Waals surface area contributed by atoms with Crippen LogP contribution in [-0.2, 0) is 16.0 Å². The molecule has 31 heavy (non-hydrogen) atoms. The highest BCUT2D eigenvalue weighted by atomic mass is 16.6. The molecule has 0 saturated heterocycles. The fourth-order valence-corrected chi connectivity index (χ4v) is 2.52. The minimum absolute atomic E-state index is 0.118. The van der Waals surface area contributed by atoms with E-state index in [0.717, 1.165) is 4.90 Å². The predicted molar refractivity (Wildman–Crippen MR) is 116 cm³/mol. The van der Waals surface area contributed by atoms with E-state index in [2.05, 4.69) is 10.3 Å². The second-order valence-corrected chi connectivity index (χ2v) is 8.97. The molecule has 1 heterocycles. The lowest BCUT2D eigenvalue weighted by molar-refractivity contribution is -0.000333. The molecule has 0 unspecified atom stereocenters. The maximum Gasteiger partial charge on any atom is 0.420 e. The van der Waals surface area contributed by atoms with E-state index in [1.54, 1.807) is 72.9 Å². The third-order valence-electron chi connectivity index (χ3n) is 3.71. The molecule has 0 radical (unpaired) electrons. The van der Waals surface area contributed by atoms with Gasteiger partial charge in [0, 0.05) is 11.3 Å². The molecule has 2 amide bonds. The third-order valence-corrected chi connectivity index (χ3v) is 3.71. The number of hydrogen-bond acceptors (Lipinski definition) is 8. The van der Waals surface area contributed by atoms with E-state index in [4.69, 9.17) is 18.6 Å². The SMILES string of the molecule is COc1ccc(Nc2ncc(C)o2)cc1CN(C(=O)OC(C)(C)C)C(=O)OC(C)(C)C. The number of anilines is 2. The average Bonchev–Trinajstić information content (AvgIpc) is 3.01. The Kier molecular flexibility index (Phi) is 7.20. The van der Waals surface area contributed by atoms with Crippen LogP contribution in [0.25, 0.3) is 0 Å². The Labute approximate surface area is 182 Å². The summed E-state index contributed by atoms with van der Waals surface area (Å²) in [6, 6.07) is 5.55. The van der Waals surface area contributed by atoms with Gasteiger partial charge in [-0.2, -0.15) is 0 Å². The second-order valence-electron chi connectivity index (χ2n) is 8.97. The van der Waals surface area contributed by atoms with Crippen LogP contribution in [0.15, 0.2) is 28.8 Å². The van der Waals surface area contributed by atoms with Gasteiger partial charge in [0.25, 0.3) is 6.01 Å². The number of carbonyl (C=O) groups excluding carboxylic acids is 2. The summed E-state index contributed by atoms with van der Waals surface area (Å²) in [5, 5.41) is 3.04. The van der Waals surface area contributed by atoms with Crippen LogP contribution in [0.2, 0.25) is 0 Å². The minimum Gasteiger partial charge on any atom is -0.496 e. The van der Waals surface area contributed by atoms with Crippen molar-refractivity contribution in [1.29, 1.82) is 0 Å². The number of nitrogens with one attached hydrogen (secondary N) is 1. The van der Waals surface area contributed by atoms with Gasteiger partial charge < -0.3 is 23.9 Å². The molecule has 2 aromatic rings. The van der Waals surface area contributed by atoms with Gasteiger partial charge in [0.1, 0.15) is 22.7 Å². The average molecular weight is 434 g/mol. The number of ether oxygens (including phenoxy) is 3. The number of nitrogens with zero attached hydrogens (tertiary/aromatic N) is 2. The molecular formula is C22H31N3O6. The summed E-state index contributed by atoms with van der Waals surface area (Å²) >= 11 is 0. The lowest BCUT2D eigenvalue weighted by Crippen LogP contribution is -2.43. The van der Waals surface area contributed by atoms with Gasteiger partial charge in [-0.25, -0.2) is 19.5 Å². The van der Waals surface area contributed by atoms with E-state index in [9.17, 15) is 9.59 Å². The molecule has 0 aliphatic carbocycles. The van der Waals surface area contributed by atoms with Gasteiger partial charge in [0.2, 0.25) is 0 Å². The molecule has 0 bridgehead atoms. The first-order valence-corrected chi connectivity index (χ1v) is 9.87. The molecule has 1 N–H and O–H groups in total. The van der Waals surface area contributed by atoms with Crippen molar-refractivity contribution in [1.82, 2.24) is 9.88 Å². The second kappa shape index (κ2) is 9.28. The zero-order valence-electron chi connectivity index (χ0n) is 19.4. The molecule has 170 valence electrons. The highest BCUT2D eigenvalue weighted by Gasteiger charge is 2.32. The highest BCUT2D eigenvalue weighted by molar-refractivity contribution is 5.88. The molecule has 0 spiro atoms. The van der Waals surface area contributed by atoms with Gasteiger partial charge in [0.15, 0.2) is 0 Å². The van der Waals surface area contributed by atoms with E-state index in [1.165, 1.54) is 7.11 Å². The van der Waals surface area contributed by atoms with Gasteiger partial charge in [-0.1, -0.05) is 0 Å². The monoisotopic (exact) mass is 433 g/mol. The van der Waals surface area contributed by atoms with E-state index in [-0.39, 0.29) is 6.54 Å². The summed E-state index contributed by atoms with van der Waals surface area (Å²) < 4.78 is 21.7. The number of amides is 2. The number of carbonyl (C=O) groups is 2. The smallest absolute Gasteiger partial charge is 0.420 e. The molecule has 1 aromatic heterocycles. The van der Waals surface area contributed by atoms with Crippen LogP contribution < -0.4 is 10.1 Å². The Morgan fingerprint density at radius 2 is 1.65 bits per heavy atom. The number of benzene rings is 1. The van der Waals surface area contributed by atoms with Crippen molar-refractivity contribution in [3.05, 3.63) is 35.7 Å². The van der Waals surface area contributed by atoms with E-state index in [1.807, 2.05) is 0 Å². The highest BCUT2D eigenvalue weighted by Crippen LogP contribution is 2.27. The quantitative estimate of drug-likeness (QED) is 0.668. The number of aromatic nitrogens is 1. The van der Waals surface area contributed by atoms with Crippen LogP contribution in [0.1, 0.15) is 52.9 Å². The summed E-state index contributed by atoms with van der Waals surface area (Å²) in [4.78, 5) is 30.6. The summed E-state index contributed by atoms with van der Waals surface area (Å²) in [5.74, 6) is 1.16. The van der Waals surface area contributed by atoms with Crippen molar-refractivity contribution in [3.8, 4) is 5.75 Å². The summed E-state index contributed by atoms with van der Waals surface area (Å²) in [7, 11) is 1.51. The Morgan fingerprint density at radius 1 is 1.06 bits per heavy atom. The van der Waals surface area contributed by atoms with Gasteiger partial charge in [0.05, 0.1) is 19.9 Å². The topological polar surface area (TPSA) is 103 Å². The Balaban J connectivity index is 2.35. The van der Waals surface area contributed by atoms with Crippen molar-refractivity contribution >= 4 is 23.9 Å². The number of oxazole rings is 1. The van der Waals surface area contributed by atoms with E-state index < -0.39 is 23.4 Å². The summed E-state index contributed by atoms with van der Waals surface area (Å²) in [5.41, 5.74) is -0.361. The third kappa shape index (κ3) is 7.51. The fraction of sp³-hybridized carbons (Fsp3) is 0.500. The summed E-state index contributed by atoms with van der Waals surface area (Å²) in [6.45, 7) is 12.0. The molecule has 9 heteroatoms. The molecule has 0 fully saturated rings. The lowest BCUT2D eigenvalue weighted by atomic mass is 10.1. The predicted octanol–water partition coefficient (Wildman–Crippen LogP) is 5.41.